The Balaban J connectivity index is 2.03. The highest BCUT2D eigenvalue weighted by Crippen LogP contribution is 2.21. The zero-order valence-electron chi connectivity index (χ0n) is 12.3. The molecule has 5 nitrogen and oxygen atoms in total. The normalized spacial score (nSPS) is 22.1. The van der Waals surface area contributed by atoms with Crippen molar-refractivity contribution >= 4 is 5.91 Å². The maximum Gasteiger partial charge on any atom is 0.221 e. The fourth-order valence-electron chi connectivity index (χ4n) is 2.23. The fourth-order valence-corrected chi connectivity index (χ4v) is 2.23. The quantitative estimate of drug-likeness (QED) is 0.849. The molecule has 1 aromatic rings. The molecule has 2 N–H and O–H groups in total. The van der Waals surface area contributed by atoms with E-state index in [-0.39, 0.29) is 11.3 Å². The maximum atomic E-state index is 11.4. The van der Waals surface area contributed by atoms with Gasteiger partial charge in [0, 0.05) is 43.2 Å². The minimum absolute atomic E-state index is 0.0661. The van der Waals surface area contributed by atoms with E-state index < -0.39 is 0 Å². The first kappa shape index (κ1) is 14.1. The summed E-state index contributed by atoms with van der Waals surface area (Å²) in [6.45, 7) is 11.0. The Morgan fingerprint density at radius 3 is 2.84 bits per heavy atom. The lowest BCUT2D eigenvalue weighted by Crippen LogP contribution is -2.37. The van der Waals surface area contributed by atoms with Crippen molar-refractivity contribution in [2.45, 2.75) is 52.1 Å². The van der Waals surface area contributed by atoms with E-state index >= 15 is 0 Å². The van der Waals surface area contributed by atoms with Crippen molar-refractivity contribution in [3.05, 3.63) is 17.5 Å². The third-order valence-electron chi connectivity index (χ3n) is 3.62. The molecule has 1 saturated heterocycles. The molecule has 0 aromatic carbocycles. The van der Waals surface area contributed by atoms with Gasteiger partial charge in [-0.2, -0.15) is 5.10 Å². The SMILES string of the molecule is CC1CNC(=O)CCN1Cc1cc(C(C)(C)C)n[nH]1. The number of H-pyrrole nitrogens is 1. The number of nitrogens with zero attached hydrogens (tertiary/aromatic N) is 2. The van der Waals surface area contributed by atoms with Gasteiger partial charge in [-0.25, -0.2) is 0 Å². The van der Waals surface area contributed by atoms with Crippen LogP contribution in [0.5, 0.6) is 0 Å². The van der Waals surface area contributed by atoms with Crippen LogP contribution < -0.4 is 5.32 Å². The summed E-state index contributed by atoms with van der Waals surface area (Å²) >= 11 is 0. The van der Waals surface area contributed by atoms with Gasteiger partial charge in [0.15, 0.2) is 0 Å². The molecule has 1 aromatic heterocycles. The van der Waals surface area contributed by atoms with Gasteiger partial charge in [-0.1, -0.05) is 20.8 Å². The van der Waals surface area contributed by atoms with Crippen LogP contribution in [0.15, 0.2) is 6.07 Å². The maximum absolute atomic E-state index is 11.4. The van der Waals surface area contributed by atoms with Gasteiger partial charge < -0.3 is 5.32 Å². The molecule has 2 heterocycles. The van der Waals surface area contributed by atoms with Gasteiger partial charge in [-0.15, -0.1) is 0 Å². The van der Waals surface area contributed by atoms with Gasteiger partial charge in [-0.05, 0) is 13.0 Å². The number of nitrogens with one attached hydrogen (secondary N) is 2. The second kappa shape index (κ2) is 5.33. The van der Waals surface area contributed by atoms with E-state index in [0.717, 1.165) is 31.0 Å². The van der Waals surface area contributed by atoms with Crippen molar-refractivity contribution in [3.63, 3.8) is 0 Å². The molecule has 0 radical (unpaired) electrons. The van der Waals surface area contributed by atoms with Gasteiger partial charge in [0.1, 0.15) is 0 Å². The molecule has 106 valence electrons. The molecule has 19 heavy (non-hydrogen) atoms. The van der Waals surface area contributed by atoms with Crippen molar-refractivity contribution in [3.8, 4) is 0 Å². The van der Waals surface area contributed by atoms with Crippen molar-refractivity contribution in [1.29, 1.82) is 0 Å². The Morgan fingerprint density at radius 2 is 2.21 bits per heavy atom. The summed E-state index contributed by atoms with van der Waals surface area (Å²) in [6, 6.07) is 2.49. The number of amides is 1. The highest BCUT2D eigenvalue weighted by molar-refractivity contribution is 5.76. The highest BCUT2D eigenvalue weighted by atomic mass is 16.1. The van der Waals surface area contributed by atoms with E-state index in [4.69, 9.17) is 0 Å². The Kier molecular flexibility index (Phi) is 3.94. The molecule has 1 aliphatic rings. The van der Waals surface area contributed by atoms with Crippen LogP contribution in [0.4, 0.5) is 0 Å². The zero-order chi connectivity index (χ0) is 14.0. The van der Waals surface area contributed by atoms with E-state index in [1.54, 1.807) is 0 Å². The third kappa shape index (κ3) is 3.56. The van der Waals surface area contributed by atoms with E-state index in [0.29, 0.717) is 12.5 Å². The first-order chi connectivity index (χ1) is 8.86. The predicted molar refractivity (Wildman–Crippen MR) is 74.8 cm³/mol. The number of carbonyl (C=O) groups excluding carboxylic acids is 1. The molecule has 2 rings (SSSR count). The van der Waals surface area contributed by atoms with Gasteiger partial charge in [0.05, 0.1) is 5.69 Å². The number of aromatic nitrogens is 2. The van der Waals surface area contributed by atoms with E-state index in [9.17, 15) is 4.79 Å². The number of rotatable bonds is 2. The predicted octanol–water partition coefficient (Wildman–Crippen LogP) is 1.42. The summed E-state index contributed by atoms with van der Waals surface area (Å²) < 4.78 is 0. The Bertz CT molecular complexity index is 447. The van der Waals surface area contributed by atoms with Crippen LogP contribution in [0.2, 0.25) is 0 Å². The van der Waals surface area contributed by atoms with Crippen LogP contribution >= 0.6 is 0 Å². The molecule has 5 heteroatoms. The van der Waals surface area contributed by atoms with Crippen LogP contribution in [-0.2, 0) is 16.8 Å². The molecule has 0 aliphatic carbocycles. The highest BCUT2D eigenvalue weighted by Gasteiger charge is 2.22. The second-order valence-electron chi connectivity index (χ2n) is 6.40. The molecule has 0 bridgehead atoms. The smallest absolute Gasteiger partial charge is 0.221 e. The molecule has 1 amide bonds. The van der Waals surface area contributed by atoms with Gasteiger partial charge in [0.2, 0.25) is 5.91 Å². The first-order valence-electron chi connectivity index (χ1n) is 6.92. The minimum atomic E-state index is 0.0661. The monoisotopic (exact) mass is 264 g/mol. The molecular weight excluding hydrogens is 240 g/mol. The van der Waals surface area contributed by atoms with Crippen LogP contribution in [0, 0.1) is 0 Å². The summed E-state index contributed by atoms with van der Waals surface area (Å²) in [5.41, 5.74) is 2.27. The topological polar surface area (TPSA) is 61.0 Å². The summed E-state index contributed by atoms with van der Waals surface area (Å²) in [6.07, 6.45) is 0.574. The lowest BCUT2D eigenvalue weighted by Gasteiger charge is -2.25. The number of hydrogen-bond acceptors (Lipinski definition) is 3. The van der Waals surface area contributed by atoms with Crippen LogP contribution in [0.25, 0.3) is 0 Å². The zero-order valence-corrected chi connectivity index (χ0v) is 12.3. The van der Waals surface area contributed by atoms with Gasteiger partial charge in [-0.3, -0.25) is 14.8 Å². The fraction of sp³-hybridized carbons (Fsp3) is 0.714. The molecule has 1 atom stereocenters. The Morgan fingerprint density at radius 1 is 1.47 bits per heavy atom. The summed E-state index contributed by atoms with van der Waals surface area (Å²) in [5.74, 6) is 0.148. The molecular formula is C14H24N4O. The largest absolute Gasteiger partial charge is 0.355 e. The minimum Gasteiger partial charge on any atom is -0.355 e. The van der Waals surface area contributed by atoms with Crippen molar-refractivity contribution in [2.75, 3.05) is 13.1 Å². The molecule has 0 saturated carbocycles. The Labute approximate surface area is 114 Å². The lowest BCUT2D eigenvalue weighted by atomic mass is 9.92. The molecule has 1 fully saturated rings. The summed E-state index contributed by atoms with van der Waals surface area (Å²) in [5, 5.41) is 10.4. The standard InChI is InChI=1S/C14H24N4O/c1-10-8-15-13(19)5-6-18(10)9-11-7-12(17-16-11)14(2,3)4/h7,10H,5-6,8-9H2,1-4H3,(H,15,19)(H,16,17). The summed E-state index contributed by atoms with van der Waals surface area (Å²) in [7, 11) is 0. The first-order valence-corrected chi connectivity index (χ1v) is 6.92. The lowest BCUT2D eigenvalue weighted by molar-refractivity contribution is -0.120. The number of hydrogen-bond donors (Lipinski definition) is 2. The van der Waals surface area contributed by atoms with Gasteiger partial charge in [0.25, 0.3) is 0 Å². The van der Waals surface area contributed by atoms with Crippen molar-refractivity contribution < 1.29 is 4.79 Å². The molecule has 0 spiro atoms. The third-order valence-corrected chi connectivity index (χ3v) is 3.62. The Hall–Kier alpha value is -1.36. The number of aromatic amines is 1. The van der Waals surface area contributed by atoms with Crippen molar-refractivity contribution in [1.82, 2.24) is 20.4 Å². The average molecular weight is 264 g/mol. The van der Waals surface area contributed by atoms with E-state index in [1.807, 2.05) is 0 Å². The second-order valence-corrected chi connectivity index (χ2v) is 6.40. The van der Waals surface area contributed by atoms with E-state index in [1.165, 1.54) is 0 Å². The van der Waals surface area contributed by atoms with Crippen molar-refractivity contribution in [2.24, 2.45) is 0 Å². The van der Waals surface area contributed by atoms with Crippen LogP contribution in [0.1, 0.15) is 45.5 Å². The van der Waals surface area contributed by atoms with Gasteiger partial charge >= 0.3 is 0 Å². The summed E-state index contributed by atoms with van der Waals surface area (Å²) in [4.78, 5) is 13.7. The average Bonchev–Trinajstić information content (AvgIpc) is 2.73. The van der Waals surface area contributed by atoms with Crippen LogP contribution in [0.3, 0.4) is 0 Å². The van der Waals surface area contributed by atoms with Crippen LogP contribution in [-0.4, -0.2) is 40.1 Å². The van der Waals surface area contributed by atoms with E-state index in [2.05, 4.69) is 54.2 Å². The number of carbonyl (C=O) groups is 1. The molecule has 1 aliphatic heterocycles. The molecule has 1 unspecified atom stereocenters.